The van der Waals surface area contributed by atoms with Gasteiger partial charge in [0.1, 0.15) is 11.6 Å². The summed E-state index contributed by atoms with van der Waals surface area (Å²) in [5.74, 6) is -1.33. The Kier molecular flexibility index (Phi) is 5.89. The second-order valence-electron chi connectivity index (χ2n) is 5.29. The van der Waals surface area contributed by atoms with Crippen molar-refractivity contribution in [2.24, 2.45) is 0 Å². The van der Waals surface area contributed by atoms with E-state index in [1.54, 1.807) is 24.3 Å². The standard InChI is InChI=1S/C18H19FN2O3/c1-12-3-8-16(24-2)15(11-12)21-18(23)17(22)20-10-9-13-4-6-14(19)7-5-13/h3-8,11H,9-10H2,1-2H3,(H,20,22)(H,21,23). The van der Waals surface area contributed by atoms with E-state index < -0.39 is 11.8 Å². The van der Waals surface area contributed by atoms with Crippen molar-refractivity contribution >= 4 is 17.5 Å². The van der Waals surface area contributed by atoms with Crippen LogP contribution < -0.4 is 15.4 Å². The number of carbonyl (C=O) groups excluding carboxylic acids is 2. The summed E-state index contributed by atoms with van der Waals surface area (Å²) in [4.78, 5) is 23.8. The highest BCUT2D eigenvalue weighted by molar-refractivity contribution is 6.39. The number of anilines is 1. The maximum atomic E-state index is 12.8. The van der Waals surface area contributed by atoms with E-state index in [1.165, 1.54) is 19.2 Å². The highest BCUT2D eigenvalue weighted by atomic mass is 19.1. The molecule has 0 radical (unpaired) electrons. The molecule has 2 amide bonds. The fraction of sp³-hybridized carbons (Fsp3) is 0.222. The van der Waals surface area contributed by atoms with E-state index in [9.17, 15) is 14.0 Å². The van der Waals surface area contributed by atoms with Crippen LogP contribution in [0.2, 0.25) is 0 Å². The fourth-order valence-corrected chi connectivity index (χ4v) is 2.15. The number of hydrogen-bond donors (Lipinski definition) is 2. The number of nitrogens with one attached hydrogen (secondary N) is 2. The van der Waals surface area contributed by atoms with E-state index in [-0.39, 0.29) is 12.4 Å². The largest absolute Gasteiger partial charge is 0.495 e. The Balaban J connectivity index is 1.87. The number of hydrogen-bond acceptors (Lipinski definition) is 3. The molecule has 2 N–H and O–H groups in total. The molecule has 0 spiro atoms. The van der Waals surface area contributed by atoms with Gasteiger partial charge in [-0.25, -0.2) is 4.39 Å². The number of aryl methyl sites for hydroxylation is 1. The first kappa shape index (κ1) is 17.5. The van der Waals surface area contributed by atoms with E-state index in [2.05, 4.69) is 10.6 Å². The summed E-state index contributed by atoms with van der Waals surface area (Å²) < 4.78 is 18.0. The van der Waals surface area contributed by atoms with E-state index in [0.29, 0.717) is 17.9 Å². The highest BCUT2D eigenvalue weighted by Crippen LogP contribution is 2.24. The van der Waals surface area contributed by atoms with Gasteiger partial charge in [-0.05, 0) is 48.7 Å². The summed E-state index contributed by atoms with van der Waals surface area (Å²) in [7, 11) is 1.49. The smallest absolute Gasteiger partial charge is 0.313 e. The Morgan fingerprint density at radius 1 is 1.08 bits per heavy atom. The topological polar surface area (TPSA) is 67.4 Å². The molecule has 2 aromatic rings. The summed E-state index contributed by atoms with van der Waals surface area (Å²) in [6.07, 6.45) is 0.507. The molecule has 2 rings (SSSR count). The van der Waals surface area contributed by atoms with Gasteiger partial charge < -0.3 is 15.4 Å². The normalized spacial score (nSPS) is 10.1. The first-order valence-corrected chi connectivity index (χ1v) is 7.48. The fourth-order valence-electron chi connectivity index (χ4n) is 2.15. The van der Waals surface area contributed by atoms with Gasteiger partial charge in [0.2, 0.25) is 0 Å². The molecule has 126 valence electrons. The van der Waals surface area contributed by atoms with Gasteiger partial charge in [0.15, 0.2) is 0 Å². The highest BCUT2D eigenvalue weighted by Gasteiger charge is 2.15. The lowest BCUT2D eigenvalue weighted by atomic mass is 10.1. The van der Waals surface area contributed by atoms with Crippen molar-refractivity contribution in [2.45, 2.75) is 13.3 Å². The molecule has 24 heavy (non-hydrogen) atoms. The maximum absolute atomic E-state index is 12.8. The second-order valence-corrected chi connectivity index (χ2v) is 5.29. The number of ether oxygens (including phenoxy) is 1. The number of amides is 2. The summed E-state index contributed by atoms with van der Waals surface area (Å²) in [5.41, 5.74) is 2.25. The molecule has 2 aromatic carbocycles. The minimum atomic E-state index is -0.766. The third-order valence-electron chi connectivity index (χ3n) is 3.42. The van der Waals surface area contributed by atoms with E-state index in [1.807, 2.05) is 13.0 Å². The Morgan fingerprint density at radius 2 is 1.79 bits per heavy atom. The molecular weight excluding hydrogens is 311 g/mol. The predicted molar refractivity (Wildman–Crippen MR) is 89.5 cm³/mol. The Bertz CT molecular complexity index is 730. The molecule has 5 nitrogen and oxygen atoms in total. The first-order chi connectivity index (χ1) is 11.5. The molecule has 0 bridgehead atoms. The number of carbonyl (C=O) groups is 2. The minimum Gasteiger partial charge on any atom is -0.495 e. The molecular formula is C18H19FN2O3. The maximum Gasteiger partial charge on any atom is 0.313 e. The van der Waals surface area contributed by atoms with Gasteiger partial charge in [-0.15, -0.1) is 0 Å². The van der Waals surface area contributed by atoms with Crippen LogP contribution in [0.25, 0.3) is 0 Å². The van der Waals surface area contributed by atoms with Gasteiger partial charge in [0.05, 0.1) is 12.8 Å². The summed E-state index contributed by atoms with van der Waals surface area (Å²) in [5, 5.41) is 5.06. The van der Waals surface area contributed by atoms with Gasteiger partial charge in [0, 0.05) is 6.54 Å². The van der Waals surface area contributed by atoms with Gasteiger partial charge in [-0.2, -0.15) is 0 Å². The van der Waals surface area contributed by atoms with Crippen molar-refractivity contribution in [3.05, 3.63) is 59.4 Å². The SMILES string of the molecule is COc1ccc(C)cc1NC(=O)C(=O)NCCc1ccc(F)cc1. The average molecular weight is 330 g/mol. The van der Waals surface area contributed by atoms with Crippen LogP contribution in [0.4, 0.5) is 10.1 Å². The molecule has 0 aliphatic rings. The third kappa shape index (κ3) is 4.81. The molecule has 0 saturated carbocycles. The van der Waals surface area contributed by atoms with Gasteiger partial charge >= 0.3 is 11.8 Å². The Labute approximate surface area is 139 Å². The van der Waals surface area contributed by atoms with Gasteiger partial charge in [-0.1, -0.05) is 18.2 Å². The van der Waals surface area contributed by atoms with Crippen LogP contribution in [0, 0.1) is 12.7 Å². The minimum absolute atomic E-state index is 0.281. The Morgan fingerprint density at radius 3 is 2.46 bits per heavy atom. The zero-order valence-corrected chi connectivity index (χ0v) is 13.6. The second kappa shape index (κ2) is 8.10. The molecule has 0 atom stereocenters. The number of methoxy groups -OCH3 is 1. The van der Waals surface area contributed by atoms with Crippen molar-refractivity contribution in [3.8, 4) is 5.75 Å². The van der Waals surface area contributed by atoms with E-state index >= 15 is 0 Å². The van der Waals surface area contributed by atoms with E-state index in [4.69, 9.17) is 4.74 Å². The molecule has 0 aliphatic carbocycles. The van der Waals surface area contributed by atoms with Crippen LogP contribution in [0.3, 0.4) is 0 Å². The van der Waals surface area contributed by atoms with Crippen molar-refractivity contribution in [2.75, 3.05) is 19.0 Å². The monoisotopic (exact) mass is 330 g/mol. The van der Waals surface area contributed by atoms with Crippen LogP contribution in [-0.4, -0.2) is 25.5 Å². The predicted octanol–water partition coefficient (Wildman–Crippen LogP) is 2.44. The molecule has 0 unspecified atom stereocenters. The first-order valence-electron chi connectivity index (χ1n) is 7.48. The summed E-state index contributed by atoms with van der Waals surface area (Å²) >= 11 is 0. The van der Waals surface area contributed by atoms with Gasteiger partial charge in [0.25, 0.3) is 0 Å². The van der Waals surface area contributed by atoms with Crippen molar-refractivity contribution in [1.29, 1.82) is 0 Å². The average Bonchev–Trinajstić information content (AvgIpc) is 2.56. The van der Waals surface area contributed by atoms with Crippen LogP contribution in [-0.2, 0) is 16.0 Å². The third-order valence-corrected chi connectivity index (χ3v) is 3.42. The zero-order chi connectivity index (χ0) is 17.5. The number of rotatable bonds is 5. The van der Waals surface area contributed by atoms with Crippen LogP contribution >= 0.6 is 0 Å². The molecule has 6 heteroatoms. The lowest BCUT2D eigenvalue weighted by molar-refractivity contribution is -0.136. The van der Waals surface area contributed by atoms with Crippen LogP contribution in [0.15, 0.2) is 42.5 Å². The molecule has 0 saturated heterocycles. The summed E-state index contributed by atoms with van der Waals surface area (Å²) in [6.45, 7) is 2.15. The lowest BCUT2D eigenvalue weighted by Gasteiger charge is -2.11. The van der Waals surface area contributed by atoms with Crippen LogP contribution in [0.1, 0.15) is 11.1 Å². The Hall–Kier alpha value is -2.89. The van der Waals surface area contributed by atoms with Gasteiger partial charge in [-0.3, -0.25) is 9.59 Å². The molecule has 0 heterocycles. The lowest BCUT2D eigenvalue weighted by Crippen LogP contribution is -2.36. The van der Waals surface area contributed by atoms with Crippen molar-refractivity contribution < 1.29 is 18.7 Å². The number of benzene rings is 2. The summed E-state index contributed by atoms with van der Waals surface area (Å²) in [6, 6.07) is 11.3. The zero-order valence-electron chi connectivity index (χ0n) is 13.6. The molecule has 0 aliphatic heterocycles. The van der Waals surface area contributed by atoms with Crippen molar-refractivity contribution in [3.63, 3.8) is 0 Å². The molecule has 0 aromatic heterocycles. The van der Waals surface area contributed by atoms with E-state index in [0.717, 1.165) is 11.1 Å². The van der Waals surface area contributed by atoms with Crippen LogP contribution in [0.5, 0.6) is 5.75 Å². The molecule has 0 fully saturated rings. The quantitative estimate of drug-likeness (QED) is 0.828. The number of halogens is 1. The van der Waals surface area contributed by atoms with Crippen molar-refractivity contribution in [1.82, 2.24) is 5.32 Å².